The highest BCUT2D eigenvalue weighted by Gasteiger charge is 2.65. The lowest BCUT2D eigenvalue weighted by atomic mass is 10.1. The van der Waals surface area contributed by atoms with E-state index in [0.717, 1.165) is 0 Å². The molecule has 1 aliphatic heterocycles. The third-order valence-electron chi connectivity index (χ3n) is 2.11. The molecular formula is C7H13Cl2N2O+. The van der Waals surface area contributed by atoms with E-state index in [-0.39, 0.29) is 5.91 Å². The fourth-order valence-electron chi connectivity index (χ4n) is 1.49. The second kappa shape index (κ2) is 2.35. The van der Waals surface area contributed by atoms with Crippen LogP contribution in [0.15, 0.2) is 0 Å². The Kier molecular flexibility index (Phi) is 2.01. The maximum absolute atomic E-state index is 11.6. The van der Waals surface area contributed by atoms with Crippen LogP contribution in [0.2, 0.25) is 0 Å². The molecule has 0 radical (unpaired) electrons. The SMILES string of the molecule is CC1(C)NC(C)(C)[N+](Cl)(Cl)C1=O. The first-order valence-electron chi connectivity index (χ1n) is 3.74. The summed E-state index contributed by atoms with van der Waals surface area (Å²) in [6, 6.07) is 0. The molecule has 0 aromatic carbocycles. The third-order valence-corrected chi connectivity index (χ3v) is 3.26. The molecule has 0 bridgehead atoms. The van der Waals surface area contributed by atoms with Gasteiger partial charge in [0.2, 0.25) is 0 Å². The molecule has 1 saturated heterocycles. The number of amides is 1. The van der Waals surface area contributed by atoms with Gasteiger partial charge in [0.15, 0.2) is 29.2 Å². The van der Waals surface area contributed by atoms with Crippen LogP contribution in [0.5, 0.6) is 0 Å². The first-order valence-corrected chi connectivity index (χ1v) is 4.42. The van der Waals surface area contributed by atoms with E-state index >= 15 is 0 Å². The molecule has 70 valence electrons. The van der Waals surface area contributed by atoms with Gasteiger partial charge in [-0.25, -0.2) is 10.1 Å². The zero-order valence-corrected chi connectivity index (χ0v) is 9.12. The van der Waals surface area contributed by atoms with Gasteiger partial charge >= 0.3 is 5.91 Å². The minimum Gasteiger partial charge on any atom is -0.245 e. The first kappa shape index (κ1) is 10.3. The van der Waals surface area contributed by atoms with Crippen molar-refractivity contribution < 1.29 is 8.32 Å². The Morgan fingerprint density at radius 1 is 1.25 bits per heavy atom. The maximum Gasteiger partial charge on any atom is 0.370 e. The highest BCUT2D eigenvalue weighted by atomic mass is 35.5. The summed E-state index contributed by atoms with van der Waals surface area (Å²) in [4.78, 5) is 11.6. The van der Waals surface area contributed by atoms with E-state index in [9.17, 15) is 4.79 Å². The fourth-order valence-corrected chi connectivity index (χ4v) is 2.00. The second-order valence-electron chi connectivity index (χ2n) is 4.13. The largest absolute Gasteiger partial charge is 0.370 e. The van der Waals surface area contributed by atoms with E-state index in [4.69, 9.17) is 23.6 Å². The van der Waals surface area contributed by atoms with Gasteiger partial charge in [0.25, 0.3) is 0 Å². The fraction of sp³-hybridized carbons (Fsp3) is 0.857. The number of hydrogen-bond donors (Lipinski definition) is 1. The summed E-state index contributed by atoms with van der Waals surface area (Å²) in [6.45, 7) is 7.11. The summed E-state index contributed by atoms with van der Waals surface area (Å²) in [5.74, 6) is -0.226. The molecular weight excluding hydrogens is 199 g/mol. The minimum absolute atomic E-state index is 0.226. The molecule has 1 aliphatic rings. The van der Waals surface area contributed by atoms with Crippen LogP contribution < -0.4 is 5.32 Å². The molecule has 0 aromatic rings. The van der Waals surface area contributed by atoms with E-state index in [1.807, 2.05) is 0 Å². The summed E-state index contributed by atoms with van der Waals surface area (Å²) >= 11 is 11.8. The molecule has 3 nitrogen and oxygen atoms in total. The molecule has 0 unspecified atom stereocenters. The van der Waals surface area contributed by atoms with Gasteiger partial charge in [-0.1, -0.05) is 0 Å². The Morgan fingerprint density at radius 3 is 1.75 bits per heavy atom. The standard InChI is InChI=1S/C7H13Cl2N2O/c1-6(2)5(12)11(8,9)7(3,4)10-6/h10H,1-4H3/q+1. The van der Waals surface area contributed by atoms with Crippen molar-refractivity contribution in [3.8, 4) is 0 Å². The summed E-state index contributed by atoms with van der Waals surface area (Å²) in [7, 11) is 0. The van der Waals surface area contributed by atoms with Crippen molar-refractivity contribution in [2.45, 2.75) is 38.9 Å². The molecule has 1 rings (SSSR count). The highest BCUT2D eigenvalue weighted by molar-refractivity contribution is 6.31. The minimum atomic E-state index is -0.660. The average Bonchev–Trinajstić information content (AvgIpc) is 1.90. The normalized spacial score (nSPS) is 30.7. The number of quaternary nitrogens is 1. The van der Waals surface area contributed by atoms with Crippen molar-refractivity contribution in [2.75, 3.05) is 0 Å². The van der Waals surface area contributed by atoms with Crippen molar-refractivity contribution in [3.63, 3.8) is 0 Å². The molecule has 0 spiro atoms. The Hall–Kier alpha value is 0.170. The Bertz CT molecular complexity index is 236. The number of nitrogens with one attached hydrogen (secondary N) is 1. The number of carbonyl (C=O) groups is 1. The van der Waals surface area contributed by atoms with Crippen LogP contribution in [-0.4, -0.2) is 20.6 Å². The smallest absolute Gasteiger partial charge is 0.245 e. The van der Waals surface area contributed by atoms with Crippen LogP contribution in [0.4, 0.5) is 0 Å². The first-order chi connectivity index (χ1) is 5.11. The van der Waals surface area contributed by atoms with Gasteiger partial charge in [0.1, 0.15) is 5.54 Å². The van der Waals surface area contributed by atoms with Gasteiger partial charge in [0.05, 0.1) is 0 Å². The zero-order valence-electron chi connectivity index (χ0n) is 7.61. The van der Waals surface area contributed by atoms with E-state index in [0.29, 0.717) is 0 Å². The van der Waals surface area contributed by atoms with Crippen molar-refractivity contribution >= 4 is 29.5 Å². The Morgan fingerprint density at radius 2 is 1.67 bits per heavy atom. The molecule has 1 fully saturated rings. The molecule has 12 heavy (non-hydrogen) atoms. The number of halogens is 2. The van der Waals surface area contributed by atoms with Gasteiger partial charge < -0.3 is 0 Å². The molecule has 5 heteroatoms. The summed E-state index contributed by atoms with van der Waals surface area (Å²) in [5.41, 5.74) is -1.29. The molecule has 0 saturated carbocycles. The number of hydrogen-bond acceptors (Lipinski definition) is 2. The van der Waals surface area contributed by atoms with E-state index in [2.05, 4.69) is 5.32 Å². The summed E-state index contributed by atoms with van der Waals surface area (Å²) < 4.78 is -0.653. The zero-order chi connectivity index (χ0) is 9.78. The van der Waals surface area contributed by atoms with Crippen LogP contribution in [-0.2, 0) is 4.79 Å². The highest BCUT2D eigenvalue weighted by Crippen LogP contribution is 2.40. The molecule has 0 atom stereocenters. The van der Waals surface area contributed by atoms with Crippen LogP contribution in [0.1, 0.15) is 27.7 Å². The van der Waals surface area contributed by atoms with E-state index < -0.39 is 14.7 Å². The average molecular weight is 212 g/mol. The van der Waals surface area contributed by atoms with Crippen LogP contribution in [0, 0.1) is 0 Å². The van der Waals surface area contributed by atoms with Gasteiger partial charge in [-0.3, -0.25) is 0 Å². The van der Waals surface area contributed by atoms with Gasteiger partial charge in [-0.15, -0.1) is 0 Å². The Labute approximate surface area is 82.4 Å². The number of rotatable bonds is 0. The molecule has 1 amide bonds. The predicted octanol–water partition coefficient (Wildman–Crippen LogP) is 1.76. The van der Waals surface area contributed by atoms with Crippen molar-refractivity contribution in [3.05, 3.63) is 0 Å². The lowest BCUT2D eigenvalue weighted by Crippen LogP contribution is -2.50. The van der Waals surface area contributed by atoms with Crippen molar-refractivity contribution in [2.24, 2.45) is 0 Å². The van der Waals surface area contributed by atoms with Gasteiger partial charge in [-0.2, -0.15) is 0 Å². The molecule has 0 aliphatic carbocycles. The number of carbonyl (C=O) groups excluding carboxylic acids is 1. The van der Waals surface area contributed by atoms with Crippen molar-refractivity contribution in [1.29, 1.82) is 0 Å². The van der Waals surface area contributed by atoms with E-state index in [1.165, 1.54) is 0 Å². The third kappa shape index (κ3) is 1.16. The Balaban J connectivity index is 3.14. The van der Waals surface area contributed by atoms with Gasteiger partial charge in [0, 0.05) is 13.8 Å². The molecule has 1 heterocycles. The van der Waals surface area contributed by atoms with Crippen LogP contribution in [0.3, 0.4) is 0 Å². The van der Waals surface area contributed by atoms with E-state index in [1.54, 1.807) is 27.7 Å². The maximum atomic E-state index is 11.6. The monoisotopic (exact) mass is 211 g/mol. The van der Waals surface area contributed by atoms with Crippen molar-refractivity contribution in [1.82, 2.24) is 5.32 Å². The molecule has 0 aromatic heterocycles. The summed E-state index contributed by atoms with van der Waals surface area (Å²) in [6.07, 6.45) is 0. The molecule has 1 N–H and O–H groups in total. The lowest BCUT2D eigenvalue weighted by Gasteiger charge is -2.24. The van der Waals surface area contributed by atoms with Crippen LogP contribution in [0.25, 0.3) is 0 Å². The van der Waals surface area contributed by atoms with Gasteiger partial charge in [-0.05, 0) is 17.4 Å². The lowest BCUT2D eigenvalue weighted by molar-refractivity contribution is -0.665. The topological polar surface area (TPSA) is 29.1 Å². The van der Waals surface area contributed by atoms with Crippen LogP contribution >= 0.6 is 23.6 Å². The second-order valence-corrected chi connectivity index (χ2v) is 5.32. The number of nitrogens with zero attached hydrogens (tertiary/aromatic N) is 1. The quantitative estimate of drug-likeness (QED) is 0.620. The summed E-state index contributed by atoms with van der Waals surface area (Å²) in [5, 5.41) is 3.07. The predicted molar refractivity (Wildman–Crippen MR) is 48.3 cm³/mol.